The van der Waals surface area contributed by atoms with Crippen LogP contribution in [0.1, 0.15) is 48.0 Å². The summed E-state index contributed by atoms with van der Waals surface area (Å²) in [5.41, 5.74) is 6.82. The summed E-state index contributed by atoms with van der Waals surface area (Å²) >= 11 is 0. The third-order valence-electron chi connectivity index (χ3n) is 5.54. The van der Waals surface area contributed by atoms with Crippen LogP contribution in [0, 0.1) is 5.92 Å². The number of carboxylic acid groups (broad SMARTS) is 1. The Morgan fingerprint density at radius 2 is 1.79 bits per heavy atom. The Hall–Kier alpha value is -1.87. The highest BCUT2D eigenvalue weighted by Crippen LogP contribution is 2.28. The molecule has 1 rings (SSSR count). The Balaban J connectivity index is 3.21. The summed E-state index contributed by atoms with van der Waals surface area (Å²) in [6.07, 6.45) is -6.58. The van der Waals surface area contributed by atoms with E-state index in [0.29, 0.717) is 6.54 Å². The standard InChI is InChI=1S/C21H40N4O9/c1-10(2)8-23-25(18(29)12(4)22)21(6,20(31)32)7-11(3)33-17-15(24-13(5)27)19(30)34-14(9-26)16(17)28/h10-12,14-17,19,23,26,28,30H,7-9,22H2,1-6H3,(H,24,27)(H,31,32)/t11?,12-,14-,15-,16-,17-,19+,21-/m1/s1. The highest BCUT2D eigenvalue weighted by Gasteiger charge is 2.49. The van der Waals surface area contributed by atoms with Gasteiger partial charge in [-0.3, -0.25) is 14.6 Å². The van der Waals surface area contributed by atoms with Crippen LogP contribution < -0.4 is 16.5 Å². The number of amides is 2. The fourth-order valence-electron chi connectivity index (χ4n) is 3.76. The molecular weight excluding hydrogens is 452 g/mol. The molecule has 0 radical (unpaired) electrons. The van der Waals surface area contributed by atoms with Gasteiger partial charge in [0, 0.05) is 19.9 Å². The topological polar surface area (TPSA) is 204 Å². The Kier molecular flexibility index (Phi) is 11.3. The van der Waals surface area contributed by atoms with Gasteiger partial charge in [-0.25, -0.2) is 10.2 Å². The lowest BCUT2D eigenvalue weighted by atomic mass is 9.92. The lowest BCUT2D eigenvalue weighted by molar-refractivity contribution is -0.268. The van der Waals surface area contributed by atoms with Gasteiger partial charge < -0.3 is 41.0 Å². The molecule has 0 saturated carbocycles. The molecule has 1 heterocycles. The number of aliphatic hydroxyl groups excluding tert-OH is 3. The van der Waals surface area contributed by atoms with E-state index in [2.05, 4.69) is 10.7 Å². The summed E-state index contributed by atoms with van der Waals surface area (Å²) in [5.74, 6) is -2.36. The van der Waals surface area contributed by atoms with Crippen molar-refractivity contribution < 1.29 is 44.3 Å². The lowest BCUT2D eigenvalue weighted by Crippen LogP contribution is -2.67. The number of carbonyl (C=O) groups is 3. The zero-order valence-electron chi connectivity index (χ0n) is 20.6. The molecule has 1 aliphatic rings. The quantitative estimate of drug-likeness (QED) is 0.147. The first-order valence-electron chi connectivity index (χ1n) is 11.3. The van der Waals surface area contributed by atoms with Gasteiger partial charge in [0.1, 0.15) is 24.4 Å². The van der Waals surface area contributed by atoms with Crippen LogP contribution in [0.4, 0.5) is 0 Å². The van der Waals surface area contributed by atoms with Crippen molar-refractivity contribution in [3.05, 3.63) is 0 Å². The molecule has 8 atom stereocenters. The van der Waals surface area contributed by atoms with Gasteiger partial charge in [0.15, 0.2) is 11.8 Å². The van der Waals surface area contributed by atoms with Crippen molar-refractivity contribution >= 4 is 17.8 Å². The summed E-state index contributed by atoms with van der Waals surface area (Å²) in [7, 11) is 0. The molecule has 34 heavy (non-hydrogen) atoms. The predicted molar refractivity (Wildman–Crippen MR) is 120 cm³/mol. The number of carbonyl (C=O) groups excluding carboxylic acids is 2. The van der Waals surface area contributed by atoms with Crippen molar-refractivity contribution in [2.75, 3.05) is 13.2 Å². The molecule has 0 aromatic rings. The van der Waals surface area contributed by atoms with E-state index in [0.717, 1.165) is 5.01 Å². The Morgan fingerprint density at radius 1 is 1.21 bits per heavy atom. The largest absolute Gasteiger partial charge is 0.479 e. The molecular formula is C21H40N4O9. The number of ether oxygens (including phenoxy) is 2. The summed E-state index contributed by atoms with van der Waals surface area (Å²) in [6, 6.07) is -2.16. The van der Waals surface area contributed by atoms with Crippen LogP contribution in [0.3, 0.4) is 0 Å². The smallest absolute Gasteiger partial charge is 0.331 e. The van der Waals surface area contributed by atoms with E-state index in [1.54, 1.807) is 0 Å². The fraction of sp³-hybridized carbons (Fsp3) is 0.857. The van der Waals surface area contributed by atoms with E-state index in [1.807, 2.05) is 13.8 Å². The molecule has 1 aliphatic heterocycles. The van der Waals surface area contributed by atoms with E-state index in [9.17, 15) is 34.8 Å². The third kappa shape index (κ3) is 7.57. The van der Waals surface area contributed by atoms with Crippen LogP contribution >= 0.6 is 0 Å². The summed E-state index contributed by atoms with van der Waals surface area (Å²) < 4.78 is 11.1. The number of nitrogens with one attached hydrogen (secondary N) is 2. The zero-order valence-corrected chi connectivity index (χ0v) is 20.6. The van der Waals surface area contributed by atoms with Crippen LogP contribution in [0.25, 0.3) is 0 Å². The van der Waals surface area contributed by atoms with E-state index in [1.165, 1.54) is 27.7 Å². The number of rotatable bonds is 12. The van der Waals surface area contributed by atoms with E-state index in [-0.39, 0.29) is 12.3 Å². The van der Waals surface area contributed by atoms with Crippen LogP contribution in [0.5, 0.6) is 0 Å². The number of hydrazine groups is 1. The van der Waals surface area contributed by atoms with Gasteiger partial charge in [0.05, 0.1) is 18.8 Å². The Morgan fingerprint density at radius 3 is 2.24 bits per heavy atom. The molecule has 2 amide bonds. The van der Waals surface area contributed by atoms with Gasteiger partial charge in [-0.15, -0.1) is 0 Å². The van der Waals surface area contributed by atoms with E-state index >= 15 is 0 Å². The van der Waals surface area contributed by atoms with Gasteiger partial charge in [-0.2, -0.15) is 0 Å². The number of hydrogen-bond donors (Lipinski definition) is 7. The second-order valence-corrected chi connectivity index (χ2v) is 9.38. The average molecular weight is 493 g/mol. The molecule has 1 fully saturated rings. The predicted octanol–water partition coefficient (Wildman–Crippen LogP) is -2.09. The summed E-state index contributed by atoms with van der Waals surface area (Å²) in [4.78, 5) is 36.8. The van der Waals surface area contributed by atoms with Gasteiger partial charge in [-0.05, 0) is 26.7 Å². The number of nitrogens with zero attached hydrogens (tertiary/aromatic N) is 1. The molecule has 0 aliphatic carbocycles. The number of aliphatic hydroxyl groups is 3. The summed E-state index contributed by atoms with van der Waals surface area (Å²) in [6.45, 7) is 9.00. The lowest BCUT2D eigenvalue weighted by Gasteiger charge is -2.45. The van der Waals surface area contributed by atoms with Crippen molar-refractivity contribution in [2.45, 2.75) is 96.3 Å². The van der Waals surface area contributed by atoms with Gasteiger partial charge >= 0.3 is 5.97 Å². The highest BCUT2D eigenvalue weighted by atomic mass is 16.6. The summed E-state index contributed by atoms with van der Waals surface area (Å²) in [5, 5.41) is 43.9. The first-order valence-corrected chi connectivity index (χ1v) is 11.3. The minimum atomic E-state index is -1.80. The van der Waals surface area contributed by atoms with Gasteiger partial charge in [-0.1, -0.05) is 13.8 Å². The molecule has 0 bridgehead atoms. The van der Waals surface area contributed by atoms with E-state index < -0.39 is 72.7 Å². The Bertz CT molecular complexity index is 708. The van der Waals surface area contributed by atoms with Crippen molar-refractivity contribution in [1.82, 2.24) is 15.8 Å². The Labute approximate surface area is 199 Å². The molecule has 0 aromatic heterocycles. The zero-order chi connectivity index (χ0) is 26.4. The number of hydrogen-bond acceptors (Lipinski definition) is 10. The third-order valence-corrected chi connectivity index (χ3v) is 5.54. The van der Waals surface area contributed by atoms with Crippen molar-refractivity contribution in [3.8, 4) is 0 Å². The SMILES string of the molecule is CC(=O)N[C@@H]1[C@@H](OC(C)C[C@](C)(C(=O)O)N(NCC(C)C)C(=O)[C@@H](C)N)[C@H](O)[C@@H](CO)O[C@@H]1O. The fourth-order valence-corrected chi connectivity index (χ4v) is 3.76. The van der Waals surface area contributed by atoms with Crippen LogP contribution in [0.2, 0.25) is 0 Å². The molecule has 198 valence electrons. The normalized spacial score (nSPS) is 28.6. The molecule has 0 aromatic carbocycles. The minimum absolute atomic E-state index is 0.0998. The molecule has 13 heteroatoms. The maximum atomic E-state index is 12.8. The van der Waals surface area contributed by atoms with Crippen molar-refractivity contribution in [1.29, 1.82) is 0 Å². The first-order chi connectivity index (χ1) is 15.6. The van der Waals surface area contributed by atoms with Crippen molar-refractivity contribution in [2.24, 2.45) is 11.7 Å². The van der Waals surface area contributed by atoms with Crippen LogP contribution in [-0.4, -0.2) is 105 Å². The number of carboxylic acids is 1. The van der Waals surface area contributed by atoms with Crippen LogP contribution in [-0.2, 0) is 23.9 Å². The number of nitrogens with two attached hydrogens (primary N) is 1. The highest BCUT2D eigenvalue weighted by molar-refractivity contribution is 5.88. The minimum Gasteiger partial charge on any atom is -0.479 e. The van der Waals surface area contributed by atoms with Crippen LogP contribution in [0.15, 0.2) is 0 Å². The molecule has 8 N–H and O–H groups in total. The molecule has 1 unspecified atom stereocenters. The second-order valence-electron chi connectivity index (χ2n) is 9.38. The first kappa shape index (κ1) is 30.2. The molecule has 13 nitrogen and oxygen atoms in total. The van der Waals surface area contributed by atoms with Gasteiger partial charge in [0.25, 0.3) is 5.91 Å². The number of aliphatic carboxylic acids is 1. The average Bonchev–Trinajstić information content (AvgIpc) is 2.72. The molecule has 0 spiro atoms. The second kappa shape index (κ2) is 12.7. The van der Waals surface area contributed by atoms with Crippen molar-refractivity contribution in [3.63, 3.8) is 0 Å². The maximum Gasteiger partial charge on any atom is 0.331 e. The maximum absolute atomic E-state index is 12.8. The van der Waals surface area contributed by atoms with E-state index in [4.69, 9.17) is 15.2 Å². The molecule has 1 saturated heterocycles. The van der Waals surface area contributed by atoms with Gasteiger partial charge in [0.2, 0.25) is 5.91 Å². The monoisotopic (exact) mass is 492 g/mol.